The van der Waals surface area contributed by atoms with Crippen molar-refractivity contribution in [2.45, 2.75) is 26.0 Å². The van der Waals surface area contributed by atoms with Crippen LogP contribution in [0.5, 0.6) is 0 Å². The normalized spacial score (nSPS) is 19.8. The predicted molar refractivity (Wildman–Crippen MR) is 62.9 cm³/mol. The van der Waals surface area contributed by atoms with E-state index in [0.29, 0.717) is 5.92 Å². The van der Waals surface area contributed by atoms with E-state index in [0.717, 1.165) is 11.4 Å². The Morgan fingerprint density at radius 3 is 3.06 bits per heavy atom. The van der Waals surface area contributed by atoms with Crippen molar-refractivity contribution in [2.24, 2.45) is 0 Å². The van der Waals surface area contributed by atoms with E-state index in [4.69, 9.17) is 4.74 Å². The Morgan fingerprint density at radius 1 is 1.56 bits per heavy atom. The summed E-state index contributed by atoms with van der Waals surface area (Å²) < 4.78 is 5.38. The van der Waals surface area contributed by atoms with Gasteiger partial charge in [0.1, 0.15) is 0 Å². The molecule has 0 aromatic carbocycles. The second-order valence-electron chi connectivity index (χ2n) is 3.99. The van der Waals surface area contributed by atoms with Gasteiger partial charge in [0, 0.05) is 13.3 Å². The standard InChI is InChI=1S/C12H16N3O/c1-9(2)12-10(8-13-14-12)15-7-5-4-6-11(15)16-3/h4-6,8-9,11H,1-3H3,(H,13,14). The number of hydrogen-bond donors (Lipinski definition) is 1. The van der Waals surface area contributed by atoms with E-state index in [1.54, 1.807) is 7.11 Å². The minimum atomic E-state index is -0.111. The van der Waals surface area contributed by atoms with Gasteiger partial charge in [-0.15, -0.1) is 0 Å². The molecule has 1 aliphatic rings. The average Bonchev–Trinajstić information content (AvgIpc) is 2.77. The van der Waals surface area contributed by atoms with E-state index in [-0.39, 0.29) is 6.23 Å². The van der Waals surface area contributed by atoms with E-state index in [1.165, 1.54) is 0 Å². The Bertz CT molecular complexity index is 406. The zero-order valence-electron chi connectivity index (χ0n) is 9.77. The fourth-order valence-electron chi connectivity index (χ4n) is 1.74. The minimum Gasteiger partial charge on any atom is -0.358 e. The number of ether oxygens (including phenoxy) is 1. The van der Waals surface area contributed by atoms with Crippen LogP contribution in [-0.4, -0.2) is 23.5 Å². The lowest BCUT2D eigenvalue weighted by Gasteiger charge is -2.28. The van der Waals surface area contributed by atoms with Crippen molar-refractivity contribution in [2.75, 3.05) is 12.0 Å². The summed E-state index contributed by atoms with van der Waals surface area (Å²) in [4.78, 5) is 1.94. The second kappa shape index (κ2) is 4.53. The smallest absolute Gasteiger partial charge is 0.153 e. The number of anilines is 1. The number of aromatic nitrogens is 2. The van der Waals surface area contributed by atoms with Gasteiger partial charge in [0.2, 0.25) is 0 Å². The predicted octanol–water partition coefficient (Wildman–Crippen LogP) is 2.20. The summed E-state index contributed by atoms with van der Waals surface area (Å²) >= 11 is 0. The number of nitrogens with zero attached hydrogens (tertiary/aromatic N) is 2. The zero-order chi connectivity index (χ0) is 11.5. The van der Waals surface area contributed by atoms with Gasteiger partial charge >= 0.3 is 0 Å². The van der Waals surface area contributed by atoms with Crippen LogP contribution in [-0.2, 0) is 4.74 Å². The van der Waals surface area contributed by atoms with Crippen LogP contribution in [0.2, 0.25) is 0 Å². The third-order valence-electron chi connectivity index (χ3n) is 2.54. The monoisotopic (exact) mass is 218 g/mol. The number of aromatic amines is 1. The molecular weight excluding hydrogens is 202 g/mol. The van der Waals surface area contributed by atoms with Crippen LogP contribution < -0.4 is 4.90 Å². The van der Waals surface area contributed by atoms with E-state index in [1.807, 2.05) is 29.3 Å². The lowest BCUT2D eigenvalue weighted by molar-refractivity contribution is 0.142. The third-order valence-corrected chi connectivity index (χ3v) is 2.54. The first-order valence-electron chi connectivity index (χ1n) is 5.36. The molecule has 1 radical (unpaired) electrons. The SMILES string of the molecule is COC1C=CC=[C]N1c1c[nH]nc1C(C)C. The van der Waals surface area contributed by atoms with Crippen LogP contribution in [0.25, 0.3) is 0 Å². The summed E-state index contributed by atoms with van der Waals surface area (Å²) in [6, 6.07) is 0. The van der Waals surface area contributed by atoms with Crippen LogP contribution in [0, 0.1) is 6.20 Å². The highest BCUT2D eigenvalue weighted by atomic mass is 16.5. The Balaban J connectivity index is 2.32. The van der Waals surface area contributed by atoms with Gasteiger partial charge in [-0.2, -0.15) is 5.10 Å². The molecule has 2 rings (SSSR count). The van der Waals surface area contributed by atoms with Crippen molar-refractivity contribution in [3.63, 3.8) is 0 Å². The van der Waals surface area contributed by atoms with Crippen molar-refractivity contribution in [3.05, 3.63) is 36.3 Å². The highest BCUT2D eigenvalue weighted by Gasteiger charge is 2.21. The molecule has 0 saturated carbocycles. The molecule has 0 spiro atoms. The Morgan fingerprint density at radius 2 is 2.38 bits per heavy atom. The number of H-pyrrole nitrogens is 1. The summed E-state index contributed by atoms with van der Waals surface area (Å²) in [5.41, 5.74) is 2.04. The Labute approximate surface area is 95.6 Å². The largest absolute Gasteiger partial charge is 0.358 e. The van der Waals surface area contributed by atoms with Crippen molar-refractivity contribution in [1.82, 2.24) is 10.2 Å². The fraction of sp³-hybridized carbons (Fsp3) is 0.417. The van der Waals surface area contributed by atoms with E-state index < -0.39 is 0 Å². The van der Waals surface area contributed by atoms with Gasteiger partial charge in [-0.3, -0.25) is 5.10 Å². The molecule has 1 atom stereocenters. The van der Waals surface area contributed by atoms with Gasteiger partial charge in [-0.25, -0.2) is 0 Å². The Kier molecular flexibility index (Phi) is 3.10. The number of nitrogens with one attached hydrogen (secondary N) is 1. The molecule has 0 bridgehead atoms. The van der Waals surface area contributed by atoms with Crippen LogP contribution in [0.1, 0.15) is 25.5 Å². The van der Waals surface area contributed by atoms with E-state index >= 15 is 0 Å². The van der Waals surface area contributed by atoms with Crippen molar-refractivity contribution >= 4 is 5.69 Å². The van der Waals surface area contributed by atoms with Gasteiger partial charge in [0.25, 0.3) is 0 Å². The molecule has 1 aromatic rings. The van der Waals surface area contributed by atoms with Crippen LogP contribution in [0.3, 0.4) is 0 Å². The third kappa shape index (κ3) is 1.88. The molecule has 0 saturated heterocycles. The van der Waals surface area contributed by atoms with Crippen molar-refractivity contribution in [3.8, 4) is 0 Å². The molecule has 4 heteroatoms. The number of hydrogen-bond acceptors (Lipinski definition) is 3. The van der Waals surface area contributed by atoms with Gasteiger partial charge < -0.3 is 9.64 Å². The highest BCUT2D eigenvalue weighted by Crippen LogP contribution is 2.28. The first-order valence-corrected chi connectivity index (χ1v) is 5.36. The van der Waals surface area contributed by atoms with Gasteiger partial charge in [-0.05, 0) is 18.1 Å². The van der Waals surface area contributed by atoms with Crippen molar-refractivity contribution < 1.29 is 4.74 Å². The number of rotatable bonds is 3. The summed E-state index contributed by atoms with van der Waals surface area (Å²) in [6.45, 7) is 4.23. The molecule has 1 N–H and O–H groups in total. The molecular formula is C12H16N3O. The van der Waals surface area contributed by atoms with Crippen LogP contribution in [0.4, 0.5) is 5.69 Å². The summed E-state index contributed by atoms with van der Waals surface area (Å²) in [6.07, 6.45) is 10.7. The summed E-state index contributed by atoms with van der Waals surface area (Å²) in [5.74, 6) is 0.367. The van der Waals surface area contributed by atoms with Crippen molar-refractivity contribution in [1.29, 1.82) is 0 Å². The zero-order valence-corrected chi connectivity index (χ0v) is 9.77. The molecule has 16 heavy (non-hydrogen) atoms. The molecule has 1 unspecified atom stereocenters. The van der Waals surface area contributed by atoms with E-state index in [9.17, 15) is 0 Å². The summed E-state index contributed by atoms with van der Waals surface area (Å²) in [7, 11) is 1.68. The highest BCUT2D eigenvalue weighted by molar-refractivity contribution is 5.54. The van der Waals surface area contributed by atoms with Gasteiger partial charge in [0.15, 0.2) is 6.23 Å². The quantitative estimate of drug-likeness (QED) is 0.845. The molecule has 1 aromatic heterocycles. The first kappa shape index (κ1) is 11.0. The maximum atomic E-state index is 5.38. The first-order chi connectivity index (χ1) is 7.74. The molecule has 0 amide bonds. The molecule has 85 valence electrons. The Hall–Kier alpha value is -1.55. The average molecular weight is 218 g/mol. The number of allylic oxidation sites excluding steroid dienone is 2. The molecule has 1 aliphatic heterocycles. The number of methoxy groups -OCH3 is 1. The maximum absolute atomic E-state index is 5.38. The molecule has 2 heterocycles. The van der Waals surface area contributed by atoms with Gasteiger partial charge in [0.05, 0.1) is 17.6 Å². The molecule has 4 nitrogen and oxygen atoms in total. The minimum absolute atomic E-state index is 0.111. The van der Waals surface area contributed by atoms with E-state index in [2.05, 4.69) is 30.2 Å². The van der Waals surface area contributed by atoms with Crippen LogP contribution in [0.15, 0.2) is 24.4 Å². The topological polar surface area (TPSA) is 41.1 Å². The lowest BCUT2D eigenvalue weighted by atomic mass is 10.1. The van der Waals surface area contributed by atoms with Gasteiger partial charge in [-0.1, -0.05) is 19.9 Å². The summed E-state index contributed by atoms with van der Waals surface area (Å²) in [5, 5.41) is 7.16. The maximum Gasteiger partial charge on any atom is 0.153 e. The second-order valence-corrected chi connectivity index (χ2v) is 3.99. The lowest BCUT2D eigenvalue weighted by Crippen LogP contribution is -2.32. The molecule has 0 aliphatic carbocycles. The van der Waals surface area contributed by atoms with Crippen LogP contribution >= 0.6 is 0 Å². The fourth-order valence-corrected chi connectivity index (χ4v) is 1.74. The molecule has 0 fully saturated rings.